The lowest BCUT2D eigenvalue weighted by Gasteiger charge is -2.34. The number of hydrogen-bond acceptors (Lipinski definition) is 4. The molecule has 2 aliphatic rings. The molecule has 2 fully saturated rings. The van der Waals surface area contributed by atoms with Crippen molar-refractivity contribution in [3.05, 3.63) is 16.1 Å². The molecule has 0 spiro atoms. The maximum Gasteiger partial charge on any atom is 0.319 e. The molecule has 3 rings (SSSR count). The molecular formula is C16H24N4O2S. The summed E-state index contributed by atoms with van der Waals surface area (Å²) in [5, 5.41) is 3.92. The Balaban J connectivity index is 1.42. The van der Waals surface area contributed by atoms with Gasteiger partial charge in [-0.15, -0.1) is 11.3 Å². The predicted octanol–water partition coefficient (Wildman–Crippen LogP) is 2.00. The van der Waals surface area contributed by atoms with Crippen molar-refractivity contribution in [2.75, 3.05) is 26.2 Å². The van der Waals surface area contributed by atoms with Gasteiger partial charge in [-0.2, -0.15) is 0 Å². The molecule has 1 aromatic heterocycles. The van der Waals surface area contributed by atoms with Gasteiger partial charge in [0.05, 0.1) is 6.54 Å². The molecule has 1 N–H and O–H groups in total. The van der Waals surface area contributed by atoms with Gasteiger partial charge in [0.2, 0.25) is 5.91 Å². The van der Waals surface area contributed by atoms with Crippen LogP contribution in [0.25, 0.3) is 0 Å². The van der Waals surface area contributed by atoms with Gasteiger partial charge < -0.3 is 15.1 Å². The number of rotatable bonds is 3. The summed E-state index contributed by atoms with van der Waals surface area (Å²) < 4.78 is 0. The Hall–Kier alpha value is -1.63. The number of nitrogens with one attached hydrogen (secondary N) is 1. The molecule has 1 aromatic rings. The van der Waals surface area contributed by atoms with E-state index in [2.05, 4.69) is 10.3 Å². The van der Waals surface area contributed by atoms with Crippen LogP contribution >= 0.6 is 11.3 Å². The van der Waals surface area contributed by atoms with Crippen LogP contribution in [-0.2, 0) is 11.3 Å². The second-order valence-electron chi connectivity index (χ2n) is 6.32. The Morgan fingerprint density at radius 2 is 1.87 bits per heavy atom. The van der Waals surface area contributed by atoms with Crippen LogP contribution in [0.5, 0.6) is 0 Å². The smallest absolute Gasteiger partial charge is 0.319 e. The predicted molar refractivity (Wildman–Crippen MR) is 89.2 cm³/mol. The summed E-state index contributed by atoms with van der Waals surface area (Å²) in [5.74, 6) is 0.102. The molecule has 0 atom stereocenters. The number of thiazole rings is 1. The van der Waals surface area contributed by atoms with Gasteiger partial charge in [-0.1, -0.05) is 0 Å². The van der Waals surface area contributed by atoms with E-state index in [0.29, 0.717) is 19.6 Å². The Bertz CT molecular complexity index is 560. The first-order valence-electron chi connectivity index (χ1n) is 8.36. The van der Waals surface area contributed by atoms with Crippen molar-refractivity contribution in [3.8, 4) is 0 Å². The third-order valence-electron chi connectivity index (χ3n) is 4.60. The highest BCUT2D eigenvalue weighted by Gasteiger charge is 2.30. The first kappa shape index (κ1) is 16.2. The third-order valence-corrected chi connectivity index (χ3v) is 5.51. The zero-order valence-electron chi connectivity index (χ0n) is 13.6. The number of piperidine rings is 1. The number of urea groups is 1. The Kier molecular flexibility index (Phi) is 5.15. The molecule has 126 valence electrons. The zero-order valence-corrected chi connectivity index (χ0v) is 14.4. The van der Waals surface area contributed by atoms with Crippen molar-refractivity contribution in [1.82, 2.24) is 20.1 Å². The summed E-state index contributed by atoms with van der Waals surface area (Å²) in [5.41, 5.74) is 0. The largest absolute Gasteiger partial charge is 0.349 e. The molecule has 0 saturated carbocycles. The molecule has 3 amide bonds. The van der Waals surface area contributed by atoms with Crippen molar-refractivity contribution in [1.29, 1.82) is 0 Å². The Morgan fingerprint density at radius 1 is 1.22 bits per heavy atom. The molecule has 0 bridgehead atoms. The minimum atomic E-state index is 0.0127. The lowest BCUT2D eigenvalue weighted by molar-refractivity contribution is -0.126. The second-order valence-corrected chi connectivity index (χ2v) is 7.64. The Morgan fingerprint density at radius 3 is 2.48 bits per heavy atom. The van der Waals surface area contributed by atoms with Crippen LogP contribution < -0.4 is 5.32 Å². The van der Waals surface area contributed by atoms with E-state index in [4.69, 9.17) is 0 Å². The second kappa shape index (κ2) is 7.29. The fraction of sp³-hybridized carbons (Fsp3) is 0.688. The van der Waals surface area contributed by atoms with Crippen LogP contribution in [-0.4, -0.2) is 52.9 Å². The number of likely N-dealkylation sites (tertiary alicyclic amines) is 2. The van der Waals surface area contributed by atoms with Gasteiger partial charge >= 0.3 is 6.03 Å². The molecule has 2 saturated heterocycles. The van der Waals surface area contributed by atoms with E-state index < -0.39 is 0 Å². The van der Waals surface area contributed by atoms with Gasteiger partial charge in [0.1, 0.15) is 5.01 Å². The van der Waals surface area contributed by atoms with Crippen molar-refractivity contribution < 1.29 is 9.59 Å². The molecule has 2 aliphatic heterocycles. The highest BCUT2D eigenvalue weighted by Crippen LogP contribution is 2.20. The van der Waals surface area contributed by atoms with Gasteiger partial charge in [-0.3, -0.25) is 4.79 Å². The van der Waals surface area contributed by atoms with E-state index in [-0.39, 0.29) is 17.9 Å². The number of aryl methyl sites for hydroxylation is 1. The molecule has 7 heteroatoms. The number of carbonyl (C=O) groups excluding carboxylic acids is 2. The lowest BCUT2D eigenvalue weighted by Crippen LogP contribution is -2.47. The molecule has 0 aromatic carbocycles. The summed E-state index contributed by atoms with van der Waals surface area (Å²) in [6.07, 6.45) is 5.56. The number of hydrogen-bond donors (Lipinski definition) is 1. The Labute approximate surface area is 140 Å². The standard InChI is InChI=1S/C16H24N4O2S/c1-12-10-17-14(23-12)11-18-15(21)13-4-8-20(9-5-13)16(22)19-6-2-3-7-19/h10,13H,2-9,11H2,1H3,(H,18,21). The average Bonchev–Trinajstić information content (AvgIpc) is 3.24. The quantitative estimate of drug-likeness (QED) is 0.918. The van der Waals surface area contributed by atoms with Crippen molar-refractivity contribution in [2.24, 2.45) is 5.92 Å². The molecule has 23 heavy (non-hydrogen) atoms. The molecular weight excluding hydrogens is 312 g/mol. The van der Waals surface area contributed by atoms with Gasteiger partial charge in [-0.25, -0.2) is 9.78 Å². The summed E-state index contributed by atoms with van der Waals surface area (Å²) in [6.45, 7) is 5.65. The number of nitrogens with zero attached hydrogens (tertiary/aromatic N) is 3. The molecule has 0 aliphatic carbocycles. The molecule has 0 radical (unpaired) electrons. The van der Waals surface area contributed by atoms with E-state index >= 15 is 0 Å². The monoisotopic (exact) mass is 336 g/mol. The third kappa shape index (κ3) is 4.02. The number of aromatic nitrogens is 1. The molecule has 0 unspecified atom stereocenters. The highest BCUT2D eigenvalue weighted by molar-refractivity contribution is 7.11. The number of amides is 3. The van der Waals surface area contributed by atoms with Crippen LogP contribution in [0.4, 0.5) is 4.79 Å². The van der Waals surface area contributed by atoms with Crippen molar-refractivity contribution in [3.63, 3.8) is 0 Å². The van der Waals surface area contributed by atoms with Crippen molar-refractivity contribution >= 4 is 23.3 Å². The molecule has 6 nitrogen and oxygen atoms in total. The highest BCUT2D eigenvalue weighted by atomic mass is 32.1. The fourth-order valence-electron chi connectivity index (χ4n) is 3.23. The minimum absolute atomic E-state index is 0.0127. The van der Waals surface area contributed by atoms with Crippen LogP contribution in [0, 0.1) is 12.8 Å². The zero-order chi connectivity index (χ0) is 16.2. The first-order chi connectivity index (χ1) is 11.1. The number of carbonyl (C=O) groups is 2. The summed E-state index contributed by atoms with van der Waals surface area (Å²) in [7, 11) is 0. The van der Waals surface area contributed by atoms with Crippen LogP contribution in [0.15, 0.2) is 6.20 Å². The van der Waals surface area contributed by atoms with Gasteiger partial charge in [0.25, 0.3) is 0 Å². The topological polar surface area (TPSA) is 65.5 Å². The van der Waals surface area contributed by atoms with Crippen molar-refractivity contribution in [2.45, 2.75) is 39.2 Å². The van der Waals surface area contributed by atoms with E-state index in [0.717, 1.165) is 48.7 Å². The van der Waals surface area contributed by atoms with E-state index in [1.165, 1.54) is 0 Å². The minimum Gasteiger partial charge on any atom is -0.349 e. The average molecular weight is 336 g/mol. The van der Waals surface area contributed by atoms with Gasteiger partial charge in [0, 0.05) is 43.2 Å². The maximum atomic E-state index is 12.3. The van der Waals surface area contributed by atoms with E-state index in [1.54, 1.807) is 11.3 Å². The molecule has 3 heterocycles. The van der Waals surface area contributed by atoms with Crippen LogP contribution in [0.1, 0.15) is 35.6 Å². The lowest BCUT2D eigenvalue weighted by atomic mass is 9.96. The van der Waals surface area contributed by atoms with Gasteiger partial charge in [-0.05, 0) is 32.6 Å². The SMILES string of the molecule is Cc1cnc(CNC(=O)C2CCN(C(=O)N3CCCC3)CC2)s1. The first-order valence-corrected chi connectivity index (χ1v) is 9.18. The summed E-state index contributed by atoms with van der Waals surface area (Å²) >= 11 is 1.61. The van der Waals surface area contributed by atoms with E-state index in [1.807, 2.05) is 22.9 Å². The summed E-state index contributed by atoms with van der Waals surface area (Å²) in [4.78, 5) is 33.8. The van der Waals surface area contributed by atoms with Gasteiger partial charge in [0.15, 0.2) is 0 Å². The van der Waals surface area contributed by atoms with Crippen LogP contribution in [0.3, 0.4) is 0 Å². The fourth-order valence-corrected chi connectivity index (χ4v) is 3.96. The summed E-state index contributed by atoms with van der Waals surface area (Å²) in [6, 6.07) is 0.152. The maximum absolute atomic E-state index is 12.3. The van der Waals surface area contributed by atoms with E-state index in [9.17, 15) is 9.59 Å². The normalized spacial score (nSPS) is 19.2. The van der Waals surface area contributed by atoms with Crippen LogP contribution in [0.2, 0.25) is 0 Å².